The molecule has 0 saturated heterocycles. The molecule has 2 rings (SSSR count). The number of rotatable bonds is 3. The Morgan fingerprint density at radius 3 is 3.00 bits per heavy atom. The molecule has 0 bridgehead atoms. The average Bonchev–Trinajstić information content (AvgIpc) is 2.74. The maximum atomic E-state index is 5.43. The molecular weight excluding hydrogens is 200 g/mol. The van der Waals surface area contributed by atoms with Gasteiger partial charge >= 0.3 is 0 Å². The largest absolute Gasteiger partial charge is 0.361 e. The summed E-state index contributed by atoms with van der Waals surface area (Å²) in [5.74, 6) is 0.764. The molecule has 0 amide bonds. The van der Waals surface area contributed by atoms with Crippen LogP contribution < -0.4 is 5.73 Å². The van der Waals surface area contributed by atoms with Crippen molar-refractivity contribution < 1.29 is 4.52 Å². The Labute approximate surface area is 84.9 Å². The summed E-state index contributed by atoms with van der Waals surface area (Å²) in [6, 6.07) is 0. The fraction of sp³-hybridized carbons (Fsp3) is 0.375. The van der Waals surface area contributed by atoms with Crippen LogP contribution in [-0.4, -0.2) is 21.9 Å². The van der Waals surface area contributed by atoms with E-state index in [0.29, 0.717) is 6.54 Å². The molecule has 0 spiro atoms. The molecule has 0 aromatic carbocycles. The summed E-state index contributed by atoms with van der Waals surface area (Å²) in [5, 5.41) is 13.6. The van der Waals surface area contributed by atoms with E-state index < -0.39 is 0 Å². The van der Waals surface area contributed by atoms with Gasteiger partial charge in [0.25, 0.3) is 0 Å². The van der Waals surface area contributed by atoms with Gasteiger partial charge in [0.15, 0.2) is 5.01 Å². The van der Waals surface area contributed by atoms with Crippen LogP contribution in [0.2, 0.25) is 0 Å². The second-order valence-corrected chi connectivity index (χ2v) is 3.90. The van der Waals surface area contributed by atoms with Gasteiger partial charge in [-0.25, -0.2) is 0 Å². The quantitative estimate of drug-likeness (QED) is 0.817. The molecule has 0 radical (unpaired) electrons. The van der Waals surface area contributed by atoms with Crippen LogP contribution in [0.1, 0.15) is 10.8 Å². The predicted octanol–water partition coefficient (Wildman–Crippen LogP) is 1.00. The SMILES string of the molecule is Cc1oncc1-c1nnc(CCN)s1. The third kappa shape index (κ3) is 1.66. The lowest BCUT2D eigenvalue weighted by Crippen LogP contribution is -2.01. The van der Waals surface area contributed by atoms with E-state index in [1.807, 2.05) is 6.92 Å². The normalized spacial score (nSPS) is 10.7. The van der Waals surface area contributed by atoms with Gasteiger partial charge in [0, 0.05) is 6.42 Å². The van der Waals surface area contributed by atoms with Crippen molar-refractivity contribution in [1.29, 1.82) is 0 Å². The molecule has 0 aliphatic heterocycles. The number of nitrogens with two attached hydrogens (primary N) is 1. The first-order valence-corrected chi connectivity index (χ1v) is 5.07. The highest BCUT2D eigenvalue weighted by Crippen LogP contribution is 2.25. The van der Waals surface area contributed by atoms with Gasteiger partial charge in [0.2, 0.25) is 0 Å². The van der Waals surface area contributed by atoms with E-state index in [2.05, 4.69) is 15.4 Å². The zero-order valence-electron chi connectivity index (χ0n) is 7.73. The maximum absolute atomic E-state index is 5.43. The minimum absolute atomic E-state index is 0.594. The lowest BCUT2D eigenvalue weighted by molar-refractivity contribution is 0.398. The fourth-order valence-electron chi connectivity index (χ4n) is 1.09. The third-order valence-corrected chi connectivity index (χ3v) is 2.82. The van der Waals surface area contributed by atoms with E-state index in [1.54, 1.807) is 6.20 Å². The van der Waals surface area contributed by atoms with Crippen molar-refractivity contribution in [2.24, 2.45) is 5.73 Å². The van der Waals surface area contributed by atoms with Crippen molar-refractivity contribution in [2.75, 3.05) is 6.54 Å². The number of hydrogen-bond donors (Lipinski definition) is 1. The number of nitrogens with zero attached hydrogens (tertiary/aromatic N) is 3. The van der Waals surface area contributed by atoms with Gasteiger partial charge in [0.1, 0.15) is 10.8 Å². The highest BCUT2D eigenvalue weighted by atomic mass is 32.1. The van der Waals surface area contributed by atoms with Crippen molar-refractivity contribution in [2.45, 2.75) is 13.3 Å². The summed E-state index contributed by atoms with van der Waals surface area (Å²) in [5.41, 5.74) is 6.33. The summed E-state index contributed by atoms with van der Waals surface area (Å²) in [6.07, 6.45) is 2.42. The van der Waals surface area contributed by atoms with Crippen molar-refractivity contribution in [3.05, 3.63) is 17.0 Å². The molecule has 2 aromatic heterocycles. The van der Waals surface area contributed by atoms with Crippen LogP contribution in [0.4, 0.5) is 0 Å². The molecule has 6 heteroatoms. The predicted molar refractivity (Wildman–Crippen MR) is 52.9 cm³/mol. The van der Waals surface area contributed by atoms with Crippen LogP contribution >= 0.6 is 11.3 Å². The van der Waals surface area contributed by atoms with Crippen molar-refractivity contribution >= 4 is 11.3 Å². The van der Waals surface area contributed by atoms with Gasteiger partial charge in [0.05, 0.1) is 11.8 Å². The van der Waals surface area contributed by atoms with Crippen LogP contribution in [0.25, 0.3) is 10.6 Å². The zero-order chi connectivity index (χ0) is 9.97. The molecule has 14 heavy (non-hydrogen) atoms. The highest BCUT2D eigenvalue weighted by molar-refractivity contribution is 7.14. The Bertz CT molecular complexity index is 422. The van der Waals surface area contributed by atoms with Gasteiger partial charge in [-0.15, -0.1) is 10.2 Å². The first-order valence-electron chi connectivity index (χ1n) is 4.25. The standard InChI is InChI=1S/C8H10N4OS/c1-5-6(4-10-13-5)8-12-11-7(14-8)2-3-9/h4H,2-3,9H2,1H3. The molecule has 0 atom stereocenters. The van der Waals surface area contributed by atoms with Crippen molar-refractivity contribution in [1.82, 2.24) is 15.4 Å². The van der Waals surface area contributed by atoms with Gasteiger partial charge in [-0.2, -0.15) is 0 Å². The molecule has 0 fully saturated rings. The second kappa shape index (κ2) is 3.85. The van der Waals surface area contributed by atoms with E-state index in [0.717, 1.165) is 27.8 Å². The van der Waals surface area contributed by atoms with Crippen LogP contribution in [0.3, 0.4) is 0 Å². The van der Waals surface area contributed by atoms with Crippen LogP contribution in [-0.2, 0) is 6.42 Å². The molecule has 0 saturated carbocycles. The van der Waals surface area contributed by atoms with Gasteiger partial charge in [-0.3, -0.25) is 0 Å². The molecule has 0 aliphatic rings. The minimum atomic E-state index is 0.594. The minimum Gasteiger partial charge on any atom is -0.361 e. The Morgan fingerprint density at radius 1 is 1.50 bits per heavy atom. The lowest BCUT2D eigenvalue weighted by atomic mass is 10.3. The molecule has 2 aromatic rings. The molecule has 2 N–H and O–H groups in total. The molecule has 0 aliphatic carbocycles. The molecule has 74 valence electrons. The Balaban J connectivity index is 2.29. The molecule has 5 nitrogen and oxygen atoms in total. The highest BCUT2D eigenvalue weighted by Gasteiger charge is 2.11. The van der Waals surface area contributed by atoms with E-state index in [9.17, 15) is 0 Å². The van der Waals surface area contributed by atoms with Gasteiger partial charge in [-0.05, 0) is 13.5 Å². The Hall–Kier alpha value is -1.27. The van der Waals surface area contributed by atoms with E-state index in [1.165, 1.54) is 11.3 Å². The first-order chi connectivity index (χ1) is 6.81. The molecular formula is C8H10N4OS. The van der Waals surface area contributed by atoms with Crippen LogP contribution in [0.15, 0.2) is 10.7 Å². The van der Waals surface area contributed by atoms with Crippen LogP contribution in [0, 0.1) is 6.92 Å². The number of aryl methyl sites for hydroxylation is 1. The Morgan fingerprint density at radius 2 is 2.36 bits per heavy atom. The zero-order valence-corrected chi connectivity index (χ0v) is 8.54. The van der Waals surface area contributed by atoms with Gasteiger partial charge in [-0.1, -0.05) is 16.5 Å². The summed E-state index contributed by atoms with van der Waals surface area (Å²) in [4.78, 5) is 0. The topological polar surface area (TPSA) is 77.8 Å². The average molecular weight is 210 g/mol. The fourth-order valence-corrected chi connectivity index (χ4v) is 2.00. The summed E-state index contributed by atoms with van der Waals surface area (Å²) < 4.78 is 4.95. The summed E-state index contributed by atoms with van der Waals surface area (Å²) in [7, 11) is 0. The van der Waals surface area contributed by atoms with Crippen LogP contribution in [0.5, 0.6) is 0 Å². The number of aromatic nitrogens is 3. The molecule has 0 unspecified atom stereocenters. The first kappa shape index (κ1) is 9.29. The number of hydrogen-bond acceptors (Lipinski definition) is 6. The summed E-state index contributed by atoms with van der Waals surface area (Å²) >= 11 is 1.53. The smallest absolute Gasteiger partial charge is 0.152 e. The van der Waals surface area contributed by atoms with Crippen molar-refractivity contribution in [3.8, 4) is 10.6 Å². The Kier molecular flexibility index (Phi) is 2.55. The second-order valence-electron chi connectivity index (χ2n) is 2.84. The maximum Gasteiger partial charge on any atom is 0.152 e. The van der Waals surface area contributed by atoms with E-state index in [-0.39, 0.29) is 0 Å². The van der Waals surface area contributed by atoms with E-state index in [4.69, 9.17) is 10.3 Å². The van der Waals surface area contributed by atoms with Gasteiger partial charge < -0.3 is 10.3 Å². The third-order valence-electron chi connectivity index (χ3n) is 1.81. The van der Waals surface area contributed by atoms with Crippen molar-refractivity contribution in [3.63, 3.8) is 0 Å². The molecule has 2 heterocycles. The lowest BCUT2D eigenvalue weighted by Gasteiger charge is -1.87. The monoisotopic (exact) mass is 210 g/mol. The summed E-state index contributed by atoms with van der Waals surface area (Å²) in [6.45, 7) is 2.45. The van der Waals surface area contributed by atoms with E-state index >= 15 is 0 Å².